The maximum Gasteiger partial charge on any atom is 0.359 e. The number of fused-ring (bicyclic) bond motifs is 1. The molecule has 0 atom stereocenters. The van der Waals surface area contributed by atoms with Crippen LogP contribution in [0.3, 0.4) is 0 Å². The summed E-state index contributed by atoms with van der Waals surface area (Å²) in [4.78, 5) is 44.9. The van der Waals surface area contributed by atoms with Crippen LogP contribution in [0, 0.1) is 6.92 Å². The highest BCUT2D eigenvalue weighted by Gasteiger charge is 2.21. The number of ether oxygens (including phenoxy) is 2. The van der Waals surface area contributed by atoms with Gasteiger partial charge in [0.05, 0.1) is 12.0 Å². The van der Waals surface area contributed by atoms with E-state index in [-0.39, 0.29) is 36.1 Å². The SMILES string of the molecule is CCOC(=O)c1sc2nc(COC(=O)c3ccc(=O)n(C)n3)nc(N)c2c1C. The van der Waals surface area contributed by atoms with Crippen LogP contribution in [0.1, 0.15) is 38.5 Å². The van der Waals surface area contributed by atoms with Gasteiger partial charge in [-0.2, -0.15) is 5.10 Å². The molecule has 2 N–H and O–H groups in total. The molecule has 0 saturated carbocycles. The van der Waals surface area contributed by atoms with E-state index in [1.807, 2.05) is 0 Å². The van der Waals surface area contributed by atoms with Gasteiger partial charge in [-0.15, -0.1) is 11.3 Å². The van der Waals surface area contributed by atoms with Gasteiger partial charge in [0, 0.05) is 13.1 Å². The molecule has 11 heteroatoms. The van der Waals surface area contributed by atoms with Crippen LogP contribution < -0.4 is 11.3 Å². The first-order valence-corrected chi connectivity index (χ1v) is 9.07. The quantitative estimate of drug-likeness (QED) is 0.622. The molecule has 146 valence electrons. The lowest BCUT2D eigenvalue weighted by Crippen LogP contribution is -2.22. The highest BCUT2D eigenvalue weighted by Crippen LogP contribution is 2.33. The molecule has 0 aliphatic rings. The highest BCUT2D eigenvalue weighted by molar-refractivity contribution is 7.20. The summed E-state index contributed by atoms with van der Waals surface area (Å²) in [7, 11) is 1.43. The van der Waals surface area contributed by atoms with Gasteiger partial charge in [0.25, 0.3) is 5.56 Å². The third kappa shape index (κ3) is 3.69. The molecular weight excluding hydrogens is 386 g/mol. The number of nitrogens with two attached hydrogens (primary N) is 1. The minimum atomic E-state index is -0.729. The molecule has 0 spiro atoms. The highest BCUT2D eigenvalue weighted by atomic mass is 32.1. The third-order valence-corrected chi connectivity index (χ3v) is 4.99. The monoisotopic (exact) mass is 403 g/mol. The van der Waals surface area contributed by atoms with Crippen LogP contribution in [0.15, 0.2) is 16.9 Å². The van der Waals surface area contributed by atoms with Crippen LogP contribution in [0.2, 0.25) is 0 Å². The van der Waals surface area contributed by atoms with Crippen LogP contribution in [-0.4, -0.2) is 38.3 Å². The Labute approximate surface area is 162 Å². The van der Waals surface area contributed by atoms with Gasteiger partial charge in [-0.3, -0.25) is 4.79 Å². The van der Waals surface area contributed by atoms with Gasteiger partial charge in [0.2, 0.25) is 0 Å². The van der Waals surface area contributed by atoms with E-state index in [9.17, 15) is 14.4 Å². The van der Waals surface area contributed by atoms with Gasteiger partial charge < -0.3 is 15.2 Å². The molecule has 3 aromatic rings. The lowest BCUT2D eigenvalue weighted by Gasteiger charge is -2.05. The van der Waals surface area contributed by atoms with E-state index in [4.69, 9.17) is 15.2 Å². The fourth-order valence-corrected chi connectivity index (χ4v) is 3.59. The summed E-state index contributed by atoms with van der Waals surface area (Å²) < 4.78 is 11.2. The normalized spacial score (nSPS) is 10.8. The molecule has 0 aliphatic carbocycles. The molecule has 0 amide bonds. The molecule has 0 unspecified atom stereocenters. The summed E-state index contributed by atoms with van der Waals surface area (Å²) in [5, 5.41) is 4.39. The number of anilines is 1. The Kier molecular flexibility index (Phi) is 5.36. The number of carbonyl (C=O) groups excluding carboxylic acids is 2. The smallest absolute Gasteiger partial charge is 0.359 e. The number of aryl methyl sites for hydroxylation is 2. The second-order valence-corrected chi connectivity index (χ2v) is 6.74. The van der Waals surface area contributed by atoms with Crippen molar-refractivity contribution >= 4 is 39.3 Å². The number of nitrogens with zero attached hydrogens (tertiary/aromatic N) is 4. The lowest BCUT2D eigenvalue weighted by molar-refractivity contribution is 0.0452. The van der Waals surface area contributed by atoms with E-state index in [1.165, 1.54) is 19.2 Å². The molecule has 0 aromatic carbocycles. The topological polar surface area (TPSA) is 139 Å². The van der Waals surface area contributed by atoms with Crippen molar-refractivity contribution in [3.63, 3.8) is 0 Å². The summed E-state index contributed by atoms with van der Waals surface area (Å²) in [6.07, 6.45) is 0. The van der Waals surface area contributed by atoms with Crippen molar-refractivity contribution < 1.29 is 19.1 Å². The van der Waals surface area contributed by atoms with Crippen molar-refractivity contribution in [2.45, 2.75) is 20.5 Å². The number of thiophene rings is 1. The van der Waals surface area contributed by atoms with E-state index in [1.54, 1.807) is 13.8 Å². The average molecular weight is 403 g/mol. The zero-order valence-corrected chi connectivity index (χ0v) is 16.2. The molecular formula is C17H17N5O5S. The molecule has 0 fully saturated rings. The first-order valence-electron chi connectivity index (χ1n) is 8.26. The molecule has 10 nitrogen and oxygen atoms in total. The predicted molar refractivity (Wildman–Crippen MR) is 101 cm³/mol. The van der Waals surface area contributed by atoms with E-state index in [0.717, 1.165) is 16.0 Å². The third-order valence-electron chi connectivity index (χ3n) is 3.83. The van der Waals surface area contributed by atoms with Crippen LogP contribution in [0.5, 0.6) is 0 Å². The summed E-state index contributed by atoms with van der Waals surface area (Å²) in [6, 6.07) is 2.49. The van der Waals surface area contributed by atoms with E-state index in [0.29, 0.717) is 20.7 Å². The molecule has 3 rings (SSSR count). The summed E-state index contributed by atoms with van der Waals surface area (Å²) in [5.74, 6) is -0.816. The first-order chi connectivity index (χ1) is 13.3. The summed E-state index contributed by atoms with van der Waals surface area (Å²) in [5.41, 5.74) is 6.29. The first kappa shape index (κ1) is 19.4. The van der Waals surface area contributed by atoms with Crippen molar-refractivity contribution in [1.82, 2.24) is 19.7 Å². The molecule has 3 heterocycles. The zero-order chi connectivity index (χ0) is 20.4. The average Bonchev–Trinajstić information content (AvgIpc) is 2.99. The summed E-state index contributed by atoms with van der Waals surface area (Å²) >= 11 is 1.14. The van der Waals surface area contributed by atoms with Crippen molar-refractivity contribution in [3.05, 3.63) is 44.4 Å². The van der Waals surface area contributed by atoms with Crippen molar-refractivity contribution in [2.75, 3.05) is 12.3 Å². The van der Waals surface area contributed by atoms with Gasteiger partial charge in [-0.25, -0.2) is 24.2 Å². The molecule has 28 heavy (non-hydrogen) atoms. The van der Waals surface area contributed by atoms with E-state index < -0.39 is 11.9 Å². The van der Waals surface area contributed by atoms with Crippen LogP contribution in [-0.2, 0) is 23.1 Å². The number of hydrogen-bond donors (Lipinski definition) is 1. The molecule has 0 radical (unpaired) electrons. The van der Waals surface area contributed by atoms with Crippen LogP contribution >= 0.6 is 11.3 Å². The fraction of sp³-hybridized carbons (Fsp3) is 0.294. The molecule has 0 saturated heterocycles. The Morgan fingerprint density at radius 3 is 2.64 bits per heavy atom. The maximum atomic E-state index is 12.1. The van der Waals surface area contributed by atoms with Crippen LogP contribution in [0.25, 0.3) is 10.2 Å². The van der Waals surface area contributed by atoms with Gasteiger partial charge in [-0.05, 0) is 25.5 Å². The fourth-order valence-electron chi connectivity index (χ4n) is 2.49. The second kappa shape index (κ2) is 7.72. The number of aromatic nitrogens is 4. The van der Waals surface area contributed by atoms with Gasteiger partial charge in [-0.1, -0.05) is 0 Å². The molecule has 3 aromatic heterocycles. The standard InChI is InChI=1S/C17H17N5O5S/c1-4-26-17(25)13-8(2)12-14(18)19-10(20-15(12)28-13)7-27-16(24)9-5-6-11(23)22(3)21-9/h5-6H,4,7H2,1-3H3,(H2,18,19,20). The molecule has 0 aliphatic heterocycles. The van der Waals surface area contributed by atoms with Gasteiger partial charge >= 0.3 is 11.9 Å². The summed E-state index contributed by atoms with van der Waals surface area (Å²) in [6.45, 7) is 3.49. The van der Waals surface area contributed by atoms with Crippen molar-refractivity contribution in [2.24, 2.45) is 7.05 Å². The van der Waals surface area contributed by atoms with Gasteiger partial charge in [0.15, 0.2) is 18.1 Å². The minimum Gasteiger partial charge on any atom is -0.462 e. The lowest BCUT2D eigenvalue weighted by atomic mass is 10.2. The van der Waals surface area contributed by atoms with E-state index >= 15 is 0 Å². The Balaban J connectivity index is 1.83. The number of carbonyl (C=O) groups is 2. The number of rotatable bonds is 5. The number of esters is 2. The van der Waals surface area contributed by atoms with E-state index in [2.05, 4.69) is 15.1 Å². The van der Waals surface area contributed by atoms with Crippen LogP contribution in [0.4, 0.5) is 5.82 Å². The van der Waals surface area contributed by atoms with Crippen molar-refractivity contribution in [1.29, 1.82) is 0 Å². The predicted octanol–water partition coefficient (Wildman–Crippen LogP) is 1.21. The zero-order valence-electron chi connectivity index (χ0n) is 15.4. The van der Waals surface area contributed by atoms with Crippen molar-refractivity contribution in [3.8, 4) is 0 Å². The Morgan fingerprint density at radius 2 is 1.96 bits per heavy atom. The number of hydrogen-bond acceptors (Lipinski definition) is 10. The Bertz CT molecular complexity index is 1140. The Hall–Kier alpha value is -3.34. The minimum absolute atomic E-state index is 0.0206. The number of nitrogen functional groups attached to an aromatic ring is 1. The molecule has 0 bridgehead atoms. The Morgan fingerprint density at radius 1 is 1.21 bits per heavy atom. The maximum absolute atomic E-state index is 12.1. The van der Waals surface area contributed by atoms with Gasteiger partial charge in [0.1, 0.15) is 15.5 Å². The second-order valence-electron chi connectivity index (χ2n) is 5.74. The largest absolute Gasteiger partial charge is 0.462 e.